The molecule has 0 aliphatic heterocycles. The molecule has 0 aliphatic carbocycles. The van der Waals surface area contributed by atoms with E-state index in [0.29, 0.717) is 0 Å². The van der Waals surface area contributed by atoms with Gasteiger partial charge >= 0.3 is 6.18 Å². The molecule has 2 heterocycles. The molecule has 2 aromatic rings. The third-order valence-electron chi connectivity index (χ3n) is 2.03. The second-order valence-corrected chi connectivity index (χ2v) is 3.59. The Labute approximate surface area is 104 Å². The van der Waals surface area contributed by atoms with E-state index in [4.69, 9.17) is 4.52 Å². The fourth-order valence-corrected chi connectivity index (χ4v) is 1.25. The summed E-state index contributed by atoms with van der Waals surface area (Å²) in [5.41, 5.74) is 0.271. The van der Waals surface area contributed by atoms with Gasteiger partial charge in [-0.15, -0.1) is 0 Å². The maximum atomic E-state index is 12.6. The lowest BCUT2D eigenvalue weighted by Crippen LogP contribution is -2.28. The van der Waals surface area contributed by atoms with E-state index in [0.717, 1.165) is 6.20 Å². The molecule has 0 spiro atoms. The monoisotopic (exact) mass is 276 g/mol. The Morgan fingerprint density at radius 1 is 1.26 bits per heavy atom. The standard InChI is InChI=1S/C10H8F4N4O/c11-6-1-2-7(16-3-6)9-17-8(19-18-9)4-15-5-10(12,13)14/h1-3,15H,4-5H2. The second kappa shape index (κ2) is 5.31. The van der Waals surface area contributed by atoms with Crippen molar-refractivity contribution in [1.82, 2.24) is 20.4 Å². The molecule has 0 aromatic carbocycles. The highest BCUT2D eigenvalue weighted by atomic mass is 19.4. The zero-order valence-electron chi connectivity index (χ0n) is 9.41. The van der Waals surface area contributed by atoms with E-state index in [1.165, 1.54) is 12.1 Å². The van der Waals surface area contributed by atoms with Gasteiger partial charge in [0.15, 0.2) is 0 Å². The summed E-state index contributed by atoms with van der Waals surface area (Å²) in [6, 6.07) is 2.51. The Kier molecular flexibility index (Phi) is 3.74. The van der Waals surface area contributed by atoms with Crippen molar-refractivity contribution < 1.29 is 22.1 Å². The predicted molar refractivity (Wildman–Crippen MR) is 55.2 cm³/mol. The van der Waals surface area contributed by atoms with Gasteiger partial charge in [0.2, 0.25) is 11.7 Å². The number of nitrogens with one attached hydrogen (secondary N) is 1. The fraction of sp³-hybridized carbons (Fsp3) is 0.300. The summed E-state index contributed by atoms with van der Waals surface area (Å²) in [7, 11) is 0. The number of pyridine rings is 1. The van der Waals surface area contributed by atoms with Crippen molar-refractivity contribution in [3.05, 3.63) is 30.0 Å². The Bertz CT molecular complexity index is 537. The molecule has 0 atom stereocenters. The average Bonchev–Trinajstić information content (AvgIpc) is 2.77. The third-order valence-corrected chi connectivity index (χ3v) is 2.03. The third kappa shape index (κ3) is 3.98. The van der Waals surface area contributed by atoms with Crippen LogP contribution in [0, 0.1) is 5.82 Å². The molecule has 2 aromatic heterocycles. The summed E-state index contributed by atoms with van der Waals surface area (Å²) >= 11 is 0. The zero-order valence-corrected chi connectivity index (χ0v) is 9.41. The summed E-state index contributed by atoms with van der Waals surface area (Å²) in [4.78, 5) is 7.56. The first-order valence-electron chi connectivity index (χ1n) is 5.16. The van der Waals surface area contributed by atoms with Gasteiger partial charge in [0, 0.05) is 0 Å². The first-order valence-corrected chi connectivity index (χ1v) is 5.16. The topological polar surface area (TPSA) is 63.8 Å². The van der Waals surface area contributed by atoms with Crippen molar-refractivity contribution in [2.45, 2.75) is 12.7 Å². The van der Waals surface area contributed by atoms with E-state index in [1.54, 1.807) is 0 Å². The lowest BCUT2D eigenvalue weighted by Gasteiger charge is -2.05. The number of halogens is 4. The van der Waals surface area contributed by atoms with Crippen LogP contribution >= 0.6 is 0 Å². The van der Waals surface area contributed by atoms with E-state index in [1.807, 2.05) is 0 Å². The molecule has 102 valence electrons. The van der Waals surface area contributed by atoms with E-state index in [-0.39, 0.29) is 24.0 Å². The maximum absolute atomic E-state index is 12.6. The molecule has 0 saturated carbocycles. The highest BCUT2D eigenvalue weighted by Gasteiger charge is 2.26. The summed E-state index contributed by atoms with van der Waals surface area (Å²) in [6.07, 6.45) is -3.32. The Balaban J connectivity index is 1.97. The maximum Gasteiger partial charge on any atom is 0.401 e. The number of aromatic nitrogens is 3. The molecule has 19 heavy (non-hydrogen) atoms. The molecule has 5 nitrogen and oxygen atoms in total. The summed E-state index contributed by atoms with van der Waals surface area (Å²) in [6.45, 7) is -1.37. The van der Waals surface area contributed by atoms with Gasteiger partial charge in [0.25, 0.3) is 0 Å². The SMILES string of the molecule is Fc1ccc(-c2noc(CNCC(F)(F)F)n2)nc1. The van der Waals surface area contributed by atoms with Crippen molar-refractivity contribution in [3.8, 4) is 11.5 Å². The fourth-order valence-electron chi connectivity index (χ4n) is 1.25. The first kappa shape index (κ1) is 13.4. The number of hydrogen-bond donors (Lipinski definition) is 1. The molecule has 0 saturated heterocycles. The minimum atomic E-state index is -4.30. The lowest BCUT2D eigenvalue weighted by atomic mass is 10.3. The number of nitrogens with zero attached hydrogens (tertiary/aromatic N) is 3. The van der Waals surface area contributed by atoms with E-state index in [9.17, 15) is 17.6 Å². The largest absolute Gasteiger partial charge is 0.401 e. The summed E-state index contributed by atoms with van der Waals surface area (Å²) < 4.78 is 53.1. The van der Waals surface area contributed by atoms with Crippen molar-refractivity contribution in [1.29, 1.82) is 0 Å². The van der Waals surface area contributed by atoms with Crippen molar-refractivity contribution in [2.24, 2.45) is 0 Å². The quantitative estimate of drug-likeness (QED) is 0.864. The normalized spacial score (nSPS) is 11.8. The smallest absolute Gasteiger partial charge is 0.337 e. The highest BCUT2D eigenvalue weighted by Crippen LogP contribution is 2.14. The van der Waals surface area contributed by atoms with Crippen LogP contribution in [0.1, 0.15) is 5.89 Å². The van der Waals surface area contributed by atoms with Crippen LogP contribution in [-0.2, 0) is 6.54 Å². The van der Waals surface area contributed by atoms with Gasteiger partial charge in [0.05, 0.1) is 19.3 Å². The van der Waals surface area contributed by atoms with E-state index in [2.05, 4.69) is 20.4 Å². The minimum absolute atomic E-state index is 0.00891. The van der Waals surface area contributed by atoms with Crippen LogP contribution in [0.5, 0.6) is 0 Å². The van der Waals surface area contributed by atoms with Gasteiger partial charge < -0.3 is 9.84 Å². The van der Waals surface area contributed by atoms with Crippen LogP contribution in [0.2, 0.25) is 0 Å². The number of hydrogen-bond acceptors (Lipinski definition) is 5. The van der Waals surface area contributed by atoms with E-state index < -0.39 is 18.5 Å². The first-order chi connectivity index (χ1) is 8.94. The predicted octanol–water partition coefficient (Wildman–Crippen LogP) is 1.92. The highest BCUT2D eigenvalue weighted by molar-refractivity contribution is 5.47. The molecule has 0 bridgehead atoms. The van der Waals surface area contributed by atoms with Crippen LogP contribution in [0.25, 0.3) is 11.5 Å². The molecule has 0 unspecified atom stereocenters. The van der Waals surface area contributed by atoms with Crippen molar-refractivity contribution in [2.75, 3.05) is 6.54 Å². The zero-order chi connectivity index (χ0) is 13.9. The van der Waals surface area contributed by atoms with Gasteiger partial charge in [0.1, 0.15) is 11.5 Å². The van der Waals surface area contributed by atoms with Crippen molar-refractivity contribution in [3.63, 3.8) is 0 Å². The molecule has 1 N–H and O–H groups in total. The van der Waals surface area contributed by atoms with Crippen LogP contribution in [0.4, 0.5) is 17.6 Å². The summed E-state index contributed by atoms with van der Waals surface area (Å²) in [5.74, 6) is -0.437. The molecule has 0 fully saturated rings. The minimum Gasteiger partial charge on any atom is -0.337 e. The molecule has 0 amide bonds. The summed E-state index contributed by atoms with van der Waals surface area (Å²) in [5, 5.41) is 5.65. The molecule has 9 heteroatoms. The van der Waals surface area contributed by atoms with Gasteiger partial charge in [-0.2, -0.15) is 18.2 Å². The van der Waals surface area contributed by atoms with E-state index >= 15 is 0 Å². The Morgan fingerprint density at radius 3 is 2.68 bits per heavy atom. The van der Waals surface area contributed by atoms with Crippen LogP contribution in [0.15, 0.2) is 22.9 Å². The van der Waals surface area contributed by atoms with Gasteiger partial charge in [-0.05, 0) is 12.1 Å². The molecular formula is C10H8F4N4O. The van der Waals surface area contributed by atoms with Crippen LogP contribution < -0.4 is 5.32 Å². The average molecular weight is 276 g/mol. The van der Waals surface area contributed by atoms with Gasteiger partial charge in [-0.1, -0.05) is 5.16 Å². The second-order valence-electron chi connectivity index (χ2n) is 3.59. The Hall–Kier alpha value is -2.03. The van der Waals surface area contributed by atoms with Crippen molar-refractivity contribution >= 4 is 0 Å². The molecule has 0 radical (unpaired) electrons. The molecule has 0 aliphatic rings. The number of rotatable bonds is 4. The molecule has 2 rings (SSSR count). The Morgan fingerprint density at radius 2 is 2.05 bits per heavy atom. The van der Waals surface area contributed by atoms with Crippen LogP contribution in [0.3, 0.4) is 0 Å². The van der Waals surface area contributed by atoms with Crippen LogP contribution in [-0.4, -0.2) is 27.8 Å². The van der Waals surface area contributed by atoms with Gasteiger partial charge in [-0.25, -0.2) is 9.37 Å². The van der Waals surface area contributed by atoms with Gasteiger partial charge in [-0.3, -0.25) is 0 Å². The lowest BCUT2D eigenvalue weighted by molar-refractivity contribution is -0.125. The number of alkyl halides is 3. The molecular weight excluding hydrogens is 268 g/mol.